The molecule has 0 saturated carbocycles. The lowest BCUT2D eigenvalue weighted by atomic mass is 10.0. The van der Waals surface area contributed by atoms with Crippen molar-refractivity contribution in [1.82, 2.24) is 15.2 Å². The summed E-state index contributed by atoms with van der Waals surface area (Å²) in [6, 6.07) is 8.46. The first kappa shape index (κ1) is 19.1. The summed E-state index contributed by atoms with van der Waals surface area (Å²) in [5, 5.41) is 4.16. The Morgan fingerprint density at radius 3 is 2.65 bits per heavy atom. The molecule has 1 amide bonds. The lowest BCUT2D eigenvalue weighted by molar-refractivity contribution is 0.0954. The molecule has 2 heterocycles. The molecule has 1 fully saturated rings. The number of rotatable bonds is 7. The number of likely N-dealkylation sites (tertiary alicyclic amines) is 1. The molecule has 5 heteroatoms. The maximum absolute atomic E-state index is 12.6. The Morgan fingerprint density at radius 2 is 1.92 bits per heavy atom. The van der Waals surface area contributed by atoms with Crippen LogP contribution in [0, 0.1) is 6.92 Å². The minimum Gasteiger partial charge on any atom is -0.347 e. The number of benzene rings is 1. The third-order valence-corrected chi connectivity index (χ3v) is 6.13. The number of nitrogens with one attached hydrogen (secondary N) is 1. The zero-order valence-corrected chi connectivity index (χ0v) is 16.7. The topological polar surface area (TPSA) is 45.2 Å². The summed E-state index contributed by atoms with van der Waals surface area (Å²) in [6.07, 6.45) is 5.94. The molecule has 2 aromatic rings. The standard InChI is InChI=1S/C21H29N3OS/c1-3-9-19-23-16(2)20(26-19)21(25)22-14-17-10-5-6-11-18(17)15-24-12-7-4-8-13-24/h5-6,10-11H,3-4,7-9,12-15H2,1-2H3,(H,22,25). The first-order valence-electron chi connectivity index (χ1n) is 9.71. The summed E-state index contributed by atoms with van der Waals surface area (Å²) in [6.45, 7) is 7.97. The summed E-state index contributed by atoms with van der Waals surface area (Å²) in [4.78, 5) is 20.4. The molecule has 1 aromatic heterocycles. The van der Waals surface area contributed by atoms with Crippen LogP contribution >= 0.6 is 11.3 Å². The number of aryl methyl sites for hydroxylation is 2. The monoisotopic (exact) mass is 371 g/mol. The molecule has 0 unspecified atom stereocenters. The van der Waals surface area contributed by atoms with E-state index < -0.39 is 0 Å². The van der Waals surface area contributed by atoms with Crippen LogP contribution in [0.1, 0.15) is 64.1 Å². The van der Waals surface area contributed by atoms with Crippen molar-refractivity contribution in [3.63, 3.8) is 0 Å². The zero-order chi connectivity index (χ0) is 18.4. The van der Waals surface area contributed by atoms with Crippen molar-refractivity contribution in [3.8, 4) is 0 Å². The molecule has 4 nitrogen and oxygen atoms in total. The Labute approximate surface area is 160 Å². The number of carbonyl (C=O) groups excluding carboxylic acids is 1. The third kappa shape index (κ3) is 4.92. The Hall–Kier alpha value is -1.72. The quantitative estimate of drug-likeness (QED) is 0.788. The van der Waals surface area contributed by atoms with Crippen molar-refractivity contribution >= 4 is 17.2 Å². The van der Waals surface area contributed by atoms with Gasteiger partial charge in [0.25, 0.3) is 5.91 Å². The molecular weight excluding hydrogens is 342 g/mol. The molecular formula is C21H29N3OS. The van der Waals surface area contributed by atoms with E-state index in [4.69, 9.17) is 0 Å². The fourth-order valence-corrected chi connectivity index (χ4v) is 4.56. The van der Waals surface area contributed by atoms with Crippen molar-refractivity contribution in [1.29, 1.82) is 0 Å². The summed E-state index contributed by atoms with van der Waals surface area (Å²) in [5.74, 6) is -0.00451. The maximum atomic E-state index is 12.6. The lowest BCUT2D eigenvalue weighted by Gasteiger charge is -2.27. The van der Waals surface area contributed by atoms with Crippen LogP contribution in [-0.4, -0.2) is 28.9 Å². The van der Waals surface area contributed by atoms with Gasteiger partial charge in [-0.1, -0.05) is 37.6 Å². The lowest BCUT2D eigenvalue weighted by Crippen LogP contribution is -2.30. The van der Waals surface area contributed by atoms with Gasteiger partial charge in [0.05, 0.1) is 10.7 Å². The Kier molecular flexibility index (Phi) is 6.80. The Bertz CT molecular complexity index is 735. The summed E-state index contributed by atoms with van der Waals surface area (Å²) < 4.78 is 0. The minimum absolute atomic E-state index is 0.00451. The van der Waals surface area contributed by atoms with Crippen LogP contribution in [-0.2, 0) is 19.5 Å². The molecule has 3 rings (SSSR count). The van der Waals surface area contributed by atoms with Crippen LogP contribution < -0.4 is 5.32 Å². The third-order valence-electron chi connectivity index (χ3n) is 4.91. The molecule has 0 aliphatic carbocycles. The average Bonchev–Trinajstić information content (AvgIpc) is 3.02. The molecule has 26 heavy (non-hydrogen) atoms. The average molecular weight is 372 g/mol. The van der Waals surface area contributed by atoms with E-state index in [0.29, 0.717) is 6.54 Å². The van der Waals surface area contributed by atoms with Crippen molar-refractivity contribution in [2.45, 2.75) is 59.0 Å². The van der Waals surface area contributed by atoms with Gasteiger partial charge >= 0.3 is 0 Å². The number of piperidine rings is 1. The van der Waals surface area contributed by atoms with Gasteiger partial charge in [-0.3, -0.25) is 9.69 Å². The van der Waals surface area contributed by atoms with E-state index in [1.165, 1.54) is 54.8 Å². The van der Waals surface area contributed by atoms with E-state index in [1.807, 2.05) is 6.92 Å². The van der Waals surface area contributed by atoms with Gasteiger partial charge in [-0.05, 0) is 56.8 Å². The zero-order valence-electron chi connectivity index (χ0n) is 15.9. The van der Waals surface area contributed by atoms with Gasteiger partial charge in [-0.25, -0.2) is 4.98 Å². The van der Waals surface area contributed by atoms with Crippen LogP contribution in [0.5, 0.6) is 0 Å². The fourth-order valence-electron chi connectivity index (χ4n) is 3.48. The normalized spacial score (nSPS) is 15.2. The highest BCUT2D eigenvalue weighted by Gasteiger charge is 2.16. The molecule has 1 saturated heterocycles. The summed E-state index contributed by atoms with van der Waals surface area (Å²) in [7, 11) is 0. The second-order valence-corrected chi connectivity index (χ2v) is 8.14. The first-order chi connectivity index (χ1) is 12.7. The molecule has 0 bridgehead atoms. The van der Waals surface area contributed by atoms with Gasteiger partial charge in [-0.15, -0.1) is 11.3 Å². The molecule has 1 aromatic carbocycles. The van der Waals surface area contributed by atoms with Gasteiger partial charge < -0.3 is 5.32 Å². The summed E-state index contributed by atoms with van der Waals surface area (Å²) in [5.41, 5.74) is 3.38. The number of carbonyl (C=O) groups is 1. The van der Waals surface area contributed by atoms with Crippen LogP contribution in [0.4, 0.5) is 0 Å². The number of aromatic nitrogens is 1. The molecule has 0 spiro atoms. The predicted molar refractivity (Wildman–Crippen MR) is 108 cm³/mol. The second-order valence-electron chi connectivity index (χ2n) is 7.06. The van der Waals surface area contributed by atoms with E-state index >= 15 is 0 Å². The minimum atomic E-state index is -0.00451. The SMILES string of the molecule is CCCc1nc(C)c(C(=O)NCc2ccccc2CN2CCCCC2)s1. The molecule has 1 N–H and O–H groups in total. The fraction of sp³-hybridized carbons (Fsp3) is 0.524. The Balaban J connectivity index is 1.63. The molecule has 0 atom stereocenters. The van der Waals surface area contributed by atoms with Gasteiger partial charge in [0.1, 0.15) is 4.88 Å². The van der Waals surface area contributed by atoms with E-state index in [0.717, 1.165) is 35.0 Å². The number of thiazole rings is 1. The molecule has 1 aliphatic heterocycles. The maximum Gasteiger partial charge on any atom is 0.263 e. The molecule has 140 valence electrons. The van der Waals surface area contributed by atoms with Crippen LogP contribution in [0.25, 0.3) is 0 Å². The van der Waals surface area contributed by atoms with E-state index in [9.17, 15) is 4.79 Å². The molecule has 0 radical (unpaired) electrons. The number of hydrogen-bond acceptors (Lipinski definition) is 4. The predicted octanol–water partition coefficient (Wildman–Crippen LogP) is 4.32. The highest BCUT2D eigenvalue weighted by molar-refractivity contribution is 7.13. The first-order valence-corrected chi connectivity index (χ1v) is 10.5. The van der Waals surface area contributed by atoms with Crippen LogP contribution in [0.3, 0.4) is 0 Å². The van der Waals surface area contributed by atoms with Crippen molar-refractivity contribution in [2.75, 3.05) is 13.1 Å². The summed E-state index contributed by atoms with van der Waals surface area (Å²) >= 11 is 1.53. The smallest absolute Gasteiger partial charge is 0.263 e. The number of amides is 1. The van der Waals surface area contributed by atoms with Crippen LogP contribution in [0.2, 0.25) is 0 Å². The van der Waals surface area contributed by atoms with Gasteiger partial charge in [-0.2, -0.15) is 0 Å². The number of nitrogens with zero attached hydrogens (tertiary/aromatic N) is 2. The van der Waals surface area contributed by atoms with Gasteiger partial charge in [0, 0.05) is 13.1 Å². The van der Waals surface area contributed by atoms with Gasteiger partial charge in [0.2, 0.25) is 0 Å². The van der Waals surface area contributed by atoms with E-state index in [-0.39, 0.29) is 5.91 Å². The van der Waals surface area contributed by atoms with Crippen molar-refractivity contribution in [2.24, 2.45) is 0 Å². The van der Waals surface area contributed by atoms with Crippen molar-refractivity contribution < 1.29 is 4.79 Å². The van der Waals surface area contributed by atoms with Crippen LogP contribution in [0.15, 0.2) is 24.3 Å². The molecule has 1 aliphatic rings. The highest BCUT2D eigenvalue weighted by Crippen LogP contribution is 2.20. The largest absolute Gasteiger partial charge is 0.347 e. The van der Waals surface area contributed by atoms with E-state index in [1.54, 1.807) is 0 Å². The van der Waals surface area contributed by atoms with Gasteiger partial charge in [0.15, 0.2) is 0 Å². The highest BCUT2D eigenvalue weighted by atomic mass is 32.1. The Morgan fingerprint density at radius 1 is 1.19 bits per heavy atom. The number of hydrogen-bond donors (Lipinski definition) is 1. The van der Waals surface area contributed by atoms with E-state index in [2.05, 4.69) is 46.4 Å². The van der Waals surface area contributed by atoms with Crippen molar-refractivity contribution in [3.05, 3.63) is 51.0 Å². The second kappa shape index (κ2) is 9.28.